The molecule has 0 radical (unpaired) electrons. The summed E-state index contributed by atoms with van der Waals surface area (Å²) in [5.41, 5.74) is 0.0560. The van der Waals surface area contributed by atoms with Crippen LogP contribution in [0.25, 0.3) is 0 Å². The third-order valence-corrected chi connectivity index (χ3v) is 3.07. The van der Waals surface area contributed by atoms with Gasteiger partial charge >= 0.3 is 0 Å². The summed E-state index contributed by atoms with van der Waals surface area (Å²) in [6.45, 7) is 0.845. The van der Waals surface area contributed by atoms with Crippen LogP contribution in [-0.4, -0.2) is 23.5 Å². The van der Waals surface area contributed by atoms with Gasteiger partial charge in [0.05, 0.1) is 17.1 Å². The molecule has 6 heteroatoms. The average Bonchev–Trinajstić information content (AvgIpc) is 2.26. The summed E-state index contributed by atoms with van der Waals surface area (Å²) in [6.07, 6.45) is 3.76. The second-order valence-corrected chi connectivity index (χ2v) is 4.28. The molecule has 1 aliphatic carbocycles. The zero-order valence-electron chi connectivity index (χ0n) is 9.77. The molecule has 0 spiro atoms. The van der Waals surface area contributed by atoms with E-state index in [1.165, 1.54) is 31.4 Å². The van der Waals surface area contributed by atoms with E-state index in [-0.39, 0.29) is 5.69 Å². The molecular formula is C11H16N4O2. The van der Waals surface area contributed by atoms with Crippen molar-refractivity contribution in [1.82, 2.24) is 4.98 Å². The zero-order chi connectivity index (χ0) is 12.3. The summed E-state index contributed by atoms with van der Waals surface area (Å²) in [5.74, 6) is 1.76. The van der Waals surface area contributed by atoms with E-state index >= 15 is 0 Å². The van der Waals surface area contributed by atoms with Gasteiger partial charge in [0, 0.05) is 13.6 Å². The monoisotopic (exact) mass is 236 g/mol. The van der Waals surface area contributed by atoms with Crippen molar-refractivity contribution in [1.29, 1.82) is 0 Å². The van der Waals surface area contributed by atoms with Gasteiger partial charge in [0.1, 0.15) is 11.6 Å². The third kappa shape index (κ3) is 2.83. The number of anilines is 2. The van der Waals surface area contributed by atoms with Crippen molar-refractivity contribution in [3.8, 4) is 0 Å². The number of nitrogens with zero attached hydrogens (tertiary/aromatic N) is 2. The molecule has 1 saturated carbocycles. The van der Waals surface area contributed by atoms with Crippen molar-refractivity contribution in [2.45, 2.75) is 19.3 Å². The molecule has 1 heterocycles. The average molecular weight is 236 g/mol. The van der Waals surface area contributed by atoms with Gasteiger partial charge in [-0.15, -0.1) is 0 Å². The SMILES string of the molecule is CNc1cc([N+](=O)[O-])cc(NCC2CCC2)n1. The maximum atomic E-state index is 10.7. The minimum absolute atomic E-state index is 0.0560. The highest BCUT2D eigenvalue weighted by molar-refractivity contribution is 5.54. The molecule has 0 saturated heterocycles. The molecule has 0 unspecified atom stereocenters. The topological polar surface area (TPSA) is 80.1 Å². The van der Waals surface area contributed by atoms with E-state index < -0.39 is 4.92 Å². The van der Waals surface area contributed by atoms with Crippen LogP contribution < -0.4 is 10.6 Å². The number of nitro groups is 1. The predicted octanol–water partition coefficient (Wildman–Crippen LogP) is 2.24. The first-order chi connectivity index (χ1) is 8.19. The number of hydrogen-bond donors (Lipinski definition) is 2. The zero-order valence-corrected chi connectivity index (χ0v) is 9.77. The third-order valence-electron chi connectivity index (χ3n) is 3.07. The molecule has 2 N–H and O–H groups in total. The van der Waals surface area contributed by atoms with Gasteiger partial charge in [0.2, 0.25) is 0 Å². The van der Waals surface area contributed by atoms with E-state index in [9.17, 15) is 10.1 Å². The summed E-state index contributed by atoms with van der Waals surface area (Å²) >= 11 is 0. The van der Waals surface area contributed by atoms with E-state index in [0.717, 1.165) is 6.54 Å². The minimum atomic E-state index is -0.406. The van der Waals surface area contributed by atoms with Gasteiger partial charge in [-0.2, -0.15) is 0 Å². The van der Waals surface area contributed by atoms with Crippen LogP contribution in [0.2, 0.25) is 0 Å². The Kier molecular flexibility index (Phi) is 3.41. The first-order valence-electron chi connectivity index (χ1n) is 5.77. The summed E-state index contributed by atoms with van der Waals surface area (Å²) < 4.78 is 0. The lowest BCUT2D eigenvalue weighted by Gasteiger charge is -2.25. The molecule has 0 aromatic carbocycles. The van der Waals surface area contributed by atoms with Crippen LogP contribution in [-0.2, 0) is 0 Å². The van der Waals surface area contributed by atoms with Gasteiger partial charge < -0.3 is 10.6 Å². The van der Waals surface area contributed by atoms with E-state index in [4.69, 9.17) is 0 Å². The van der Waals surface area contributed by atoms with E-state index in [1.807, 2.05) is 0 Å². The Morgan fingerprint density at radius 2 is 2.18 bits per heavy atom. The summed E-state index contributed by atoms with van der Waals surface area (Å²) in [7, 11) is 1.70. The number of rotatable bonds is 5. The maximum Gasteiger partial charge on any atom is 0.276 e. The molecule has 1 aromatic heterocycles. The van der Waals surface area contributed by atoms with Gasteiger partial charge in [-0.1, -0.05) is 6.42 Å². The molecule has 2 rings (SSSR count). The molecule has 1 fully saturated rings. The molecular weight excluding hydrogens is 220 g/mol. The first kappa shape index (κ1) is 11.6. The molecule has 6 nitrogen and oxygen atoms in total. The molecule has 0 aliphatic heterocycles. The van der Waals surface area contributed by atoms with Crippen molar-refractivity contribution < 1.29 is 4.92 Å². The summed E-state index contributed by atoms with van der Waals surface area (Å²) in [6, 6.07) is 2.90. The second kappa shape index (κ2) is 4.99. The predicted molar refractivity (Wildman–Crippen MR) is 66.3 cm³/mol. The number of pyridine rings is 1. The normalized spacial score (nSPS) is 15.1. The molecule has 92 valence electrons. The Balaban J connectivity index is 2.08. The van der Waals surface area contributed by atoms with Gasteiger partial charge in [0.15, 0.2) is 0 Å². The molecule has 17 heavy (non-hydrogen) atoms. The molecule has 1 aliphatic rings. The van der Waals surface area contributed by atoms with Crippen LogP contribution in [0.5, 0.6) is 0 Å². The van der Waals surface area contributed by atoms with Crippen molar-refractivity contribution in [3.05, 3.63) is 22.2 Å². The Labute approximate surface area is 99.6 Å². The Morgan fingerprint density at radius 3 is 2.71 bits per heavy atom. The van der Waals surface area contributed by atoms with Crippen LogP contribution in [0.3, 0.4) is 0 Å². The fourth-order valence-electron chi connectivity index (χ4n) is 1.79. The lowest BCUT2D eigenvalue weighted by atomic mass is 9.85. The van der Waals surface area contributed by atoms with E-state index in [1.54, 1.807) is 7.05 Å². The fourth-order valence-corrected chi connectivity index (χ4v) is 1.79. The molecule has 0 bridgehead atoms. The van der Waals surface area contributed by atoms with Crippen LogP contribution in [0.1, 0.15) is 19.3 Å². The Hall–Kier alpha value is -1.85. The highest BCUT2D eigenvalue weighted by Gasteiger charge is 2.17. The lowest BCUT2D eigenvalue weighted by Crippen LogP contribution is -2.21. The molecule has 0 atom stereocenters. The largest absolute Gasteiger partial charge is 0.373 e. The van der Waals surface area contributed by atoms with Crippen molar-refractivity contribution in [2.24, 2.45) is 5.92 Å². The van der Waals surface area contributed by atoms with Crippen molar-refractivity contribution in [2.75, 3.05) is 24.2 Å². The Morgan fingerprint density at radius 1 is 1.47 bits per heavy atom. The van der Waals surface area contributed by atoms with Crippen LogP contribution in [0.15, 0.2) is 12.1 Å². The fraction of sp³-hybridized carbons (Fsp3) is 0.545. The quantitative estimate of drug-likeness (QED) is 0.605. The first-order valence-corrected chi connectivity index (χ1v) is 5.77. The smallest absolute Gasteiger partial charge is 0.276 e. The highest BCUT2D eigenvalue weighted by atomic mass is 16.6. The second-order valence-electron chi connectivity index (χ2n) is 4.28. The maximum absolute atomic E-state index is 10.7. The van der Waals surface area contributed by atoms with Gasteiger partial charge in [-0.25, -0.2) is 4.98 Å². The van der Waals surface area contributed by atoms with Crippen LogP contribution in [0, 0.1) is 16.0 Å². The molecule has 1 aromatic rings. The summed E-state index contributed by atoms with van der Waals surface area (Å²) in [4.78, 5) is 14.6. The van der Waals surface area contributed by atoms with Crippen LogP contribution in [0.4, 0.5) is 17.3 Å². The van der Waals surface area contributed by atoms with Crippen LogP contribution >= 0.6 is 0 Å². The van der Waals surface area contributed by atoms with Crippen molar-refractivity contribution >= 4 is 17.3 Å². The lowest BCUT2D eigenvalue weighted by molar-refractivity contribution is -0.384. The van der Waals surface area contributed by atoms with Gasteiger partial charge in [-0.05, 0) is 18.8 Å². The van der Waals surface area contributed by atoms with E-state index in [0.29, 0.717) is 17.6 Å². The van der Waals surface area contributed by atoms with E-state index in [2.05, 4.69) is 15.6 Å². The number of aromatic nitrogens is 1. The van der Waals surface area contributed by atoms with Gasteiger partial charge in [-0.3, -0.25) is 10.1 Å². The number of nitrogens with one attached hydrogen (secondary N) is 2. The Bertz CT molecular complexity index is 418. The van der Waals surface area contributed by atoms with Crippen molar-refractivity contribution in [3.63, 3.8) is 0 Å². The minimum Gasteiger partial charge on any atom is -0.373 e. The molecule has 0 amide bonds. The standard InChI is InChI=1S/C11H16N4O2/c1-12-10-5-9(15(16)17)6-11(14-10)13-7-8-3-2-4-8/h5-6,8H,2-4,7H2,1H3,(H2,12,13,14). The van der Waals surface area contributed by atoms with Gasteiger partial charge in [0.25, 0.3) is 5.69 Å². The summed E-state index contributed by atoms with van der Waals surface area (Å²) in [5, 5.41) is 16.7. The number of hydrogen-bond acceptors (Lipinski definition) is 5. The highest BCUT2D eigenvalue weighted by Crippen LogP contribution is 2.27.